The molecular formula is C11H21N5O. The molecule has 0 saturated carbocycles. The van der Waals surface area contributed by atoms with Crippen LogP contribution in [0.4, 0.5) is 11.8 Å². The van der Waals surface area contributed by atoms with Crippen molar-refractivity contribution in [3.8, 4) is 0 Å². The topological polar surface area (TPSA) is 76.3 Å². The van der Waals surface area contributed by atoms with Gasteiger partial charge in [-0.2, -0.15) is 4.98 Å². The van der Waals surface area contributed by atoms with Gasteiger partial charge in [0.1, 0.15) is 5.82 Å². The molecule has 0 radical (unpaired) electrons. The average molecular weight is 239 g/mol. The quantitative estimate of drug-likeness (QED) is 0.568. The minimum absolute atomic E-state index is 0.338. The molecule has 6 nitrogen and oxygen atoms in total. The van der Waals surface area contributed by atoms with E-state index in [-0.39, 0.29) is 0 Å². The number of hydrogen-bond acceptors (Lipinski definition) is 6. The van der Waals surface area contributed by atoms with E-state index >= 15 is 0 Å². The highest BCUT2D eigenvalue weighted by atomic mass is 16.5. The second-order valence-electron chi connectivity index (χ2n) is 4.12. The molecule has 0 atom stereocenters. The van der Waals surface area contributed by atoms with Gasteiger partial charge in [-0.25, -0.2) is 10.8 Å². The predicted octanol–water partition coefficient (Wildman–Crippen LogP) is 0.932. The van der Waals surface area contributed by atoms with Gasteiger partial charge in [0, 0.05) is 31.5 Å². The molecule has 0 aromatic carbocycles. The first-order chi connectivity index (χ1) is 8.08. The summed E-state index contributed by atoms with van der Waals surface area (Å²) < 4.78 is 5.11. The van der Waals surface area contributed by atoms with Gasteiger partial charge in [-0.1, -0.05) is 0 Å². The lowest BCUT2D eigenvalue weighted by Gasteiger charge is -2.27. The minimum atomic E-state index is 0.338. The van der Waals surface area contributed by atoms with Gasteiger partial charge in [0.05, 0.1) is 6.61 Å². The molecule has 3 N–H and O–H groups in total. The average Bonchev–Trinajstić information content (AvgIpc) is 2.28. The molecule has 96 valence electrons. The molecule has 0 saturated heterocycles. The summed E-state index contributed by atoms with van der Waals surface area (Å²) in [5.41, 5.74) is 3.36. The molecule has 0 aliphatic carbocycles. The van der Waals surface area contributed by atoms with Crippen LogP contribution in [0.5, 0.6) is 0 Å². The second-order valence-corrected chi connectivity index (χ2v) is 4.12. The van der Waals surface area contributed by atoms with Crippen LogP contribution in [0.25, 0.3) is 0 Å². The largest absolute Gasteiger partial charge is 0.383 e. The van der Waals surface area contributed by atoms with E-state index in [1.807, 2.05) is 13.0 Å². The summed E-state index contributed by atoms with van der Waals surface area (Å²) in [7, 11) is 1.69. The summed E-state index contributed by atoms with van der Waals surface area (Å²) in [6.07, 6.45) is 0. The Balaban J connectivity index is 2.96. The number of rotatable bonds is 6. The number of methoxy groups -OCH3 is 1. The molecule has 0 bridgehead atoms. The minimum Gasteiger partial charge on any atom is -0.383 e. The van der Waals surface area contributed by atoms with Crippen molar-refractivity contribution in [1.29, 1.82) is 0 Å². The number of aromatic nitrogens is 2. The van der Waals surface area contributed by atoms with Crippen molar-refractivity contribution >= 4 is 11.8 Å². The maximum atomic E-state index is 5.35. The van der Waals surface area contributed by atoms with Crippen molar-refractivity contribution < 1.29 is 4.74 Å². The zero-order valence-electron chi connectivity index (χ0n) is 10.9. The zero-order valence-corrected chi connectivity index (χ0v) is 10.9. The van der Waals surface area contributed by atoms with Crippen molar-refractivity contribution in [2.24, 2.45) is 5.84 Å². The third-order valence-corrected chi connectivity index (χ3v) is 2.42. The second kappa shape index (κ2) is 6.36. The van der Waals surface area contributed by atoms with Crippen LogP contribution in [0.2, 0.25) is 0 Å². The maximum Gasteiger partial charge on any atom is 0.239 e. The van der Waals surface area contributed by atoms with E-state index in [0.717, 1.165) is 18.1 Å². The van der Waals surface area contributed by atoms with Crippen molar-refractivity contribution in [3.05, 3.63) is 11.8 Å². The highest BCUT2D eigenvalue weighted by molar-refractivity contribution is 5.45. The van der Waals surface area contributed by atoms with Crippen molar-refractivity contribution in [1.82, 2.24) is 9.97 Å². The first kappa shape index (κ1) is 13.7. The van der Waals surface area contributed by atoms with Crippen LogP contribution in [0, 0.1) is 6.92 Å². The van der Waals surface area contributed by atoms with Gasteiger partial charge < -0.3 is 9.64 Å². The smallest absolute Gasteiger partial charge is 0.239 e. The van der Waals surface area contributed by atoms with E-state index in [1.165, 1.54) is 0 Å². The fraction of sp³-hybridized carbons (Fsp3) is 0.636. The molecule has 0 fully saturated rings. The normalized spacial score (nSPS) is 10.7. The molecule has 1 heterocycles. The number of hydrazine groups is 1. The van der Waals surface area contributed by atoms with Gasteiger partial charge in [-0.3, -0.25) is 5.43 Å². The zero-order chi connectivity index (χ0) is 12.8. The van der Waals surface area contributed by atoms with Crippen LogP contribution in [0.3, 0.4) is 0 Å². The van der Waals surface area contributed by atoms with Crippen LogP contribution < -0.4 is 16.2 Å². The van der Waals surface area contributed by atoms with E-state index in [0.29, 0.717) is 18.6 Å². The lowest BCUT2D eigenvalue weighted by atomic mass is 10.3. The Labute approximate surface area is 102 Å². The van der Waals surface area contributed by atoms with Crippen molar-refractivity contribution in [2.45, 2.75) is 26.8 Å². The number of aryl methyl sites for hydroxylation is 1. The monoisotopic (exact) mass is 239 g/mol. The Morgan fingerprint density at radius 1 is 1.47 bits per heavy atom. The molecule has 1 aromatic rings. The van der Waals surface area contributed by atoms with Crippen molar-refractivity contribution in [2.75, 3.05) is 30.6 Å². The number of ether oxygens (including phenoxy) is 1. The highest BCUT2D eigenvalue weighted by Crippen LogP contribution is 2.16. The molecule has 0 amide bonds. The number of nitrogens with one attached hydrogen (secondary N) is 1. The molecule has 0 spiro atoms. The predicted molar refractivity (Wildman–Crippen MR) is 68.9 cm³/mol. The fourth-order valence-corrected chi connectivity index (χ4v) is 1.59. The van der Waals surface area contributed by atoms with Gasteiger partial charge in [0.2, 0.25) is 5.95 Å². The summed E-state index contributed by atoms with van der Waals surface area (Å²) in [6.45, 7) is 7.59. The third-order valence-electron chi connectivity index (χ3n) is 2.42. The number of anilines is 2. The van der Waals surface area contributed by atoms with Crippen LogP contribution in [0.15, 0.2) is 6.07 Å². The lowest BCUT2D eigenvalue weighted by molar-refractivity contribution is 0.203. The van der Waals surface area contributed by atoms with Crippen LogP contribution in [-0.2, 0) is 4.74 Å². The lowest BCUT2D eigenvalue weighted by Crippen LogP contribution is -2.34. The van der Waals surface area contributed by atoms with E-state index in [4.69, 9.17) is 10.6 Å². The van der Waals surface area contributed by atoms with E-state index < -0.39 is 0 Å². The number of nitrogen functional groups attached to an aromatic ring is 1. The maximum absolute atomic E-state index is 5.35. The van der Waals surface area contributed by atoms with Gasteiger partial charge in [0.25, 0.3) is 0 Å². The van der Waals surface area contributed by atoms with E-state index in [1.54, 1.807) is 7.11 Å². The van der Waals surface area contributed by atoms with Crippen molar-refractivity contribution in [3.63, 3.8) is 0 Å². The van der Waals surface area contributed by atoms with Gasteiger partial charge in [-0.05, 0) is 20.8 Å². The van der Waals surface area contributed by atoms with Gasteiger partial charge >= 0.3 is 0 Å². The van der Waals surface area contributed by atoms with Crippen LogP contribution >= 0.6 is 0 Å². The molecule has 0 unspecified atom stereocenters. The van der Waals surface area contributed by atoms with Crippen LogP contribution in [0.1, 0.15) is 19.5 Å². The molecule has 1 rings (SSSR count). The molecule has 1 aromatic heterocycles. The first-order valence-electron chi connectivity index (χ1n) is 5.66. The molecule has 6 heteroatoms. The Hall–Kier alpha value is -1.40. The number of hydrogen-bond donors (Lipinski definition) is 2. The first-order valence-corrected chi connectivity index (χ1v) is 5.66. The summed E-state index contributed by atoms with van der Waals surface area (Å²) in [4.78, 5) is 10.7. The summed E-state index contributed by atoms with van der Waals surface area (Å²) >= 11 is 0. The fourth-order valence-electron chi connectivity index (χ4n) is 1.59. The molecule has 17 heavy (non-hydrogen) atoms. The Bertz CT molecular complexity index is 356. The van der Waals surface area contributed by atoms with Gasteiger partial charge in [-0.15, -0.1) is 0 Å². The Morgan fingerprint density at radius 3 is 2.71 bits per heavy atom. The SMILES string of the molecule is COCCN(c1cc(C)nc(NN)n1)C(C)C. The van der Waals surface area contributed by atoms with Crippen LogP contribution in [-0.4, -0.2) is 36.3 Å². The Kier molecular flexibility index (Phi) is 5.11. The van der Waals surface area contributed by atoms with E-state index in [2.05, 4.69) is 34.1 Å². The van der Waals surface area contributed by atoms with E-state index in [9.17, 15) is 0 Å². The summed E-state index contributed by atoms with van der Waals surface area (Å²) in [5.74, 6) is 6.64. The summed E-state index contributed by atoms with van der Waals surface area (Å²) in [6, 6.07) is 2.28. The Morgan fingerprint density at radius 2 is 2.18 bits per heavy atom. The summed E-state index contributed by atoms with van der Waals surface area (Å²) in [5, 5.41) is 0. The molecule has 0 aliphatic rings. The molecular weight excluding hydrogens is 218 g/mol. The number of nitrogens with two attached hydrogens (primary N) is 1. The standard InChI is InChI=1S/C11H21N5O/c1-8(2)16(5-6-17-4)10-7-9(3)13-11(14-10)15-12/h7-8H,5-6,12H2,1-4H3,(H,13,14,15). The number of nitrogens with zero attached hydrogens (tertiary/aromatic N) is 3. The molecule has 0 aliphatic heterocycles. The third kappa shape index (κ3) is 3.83. The van der Waals surface area contributed by atoms with Gasteiger partial charge in [0.15, 0.2) is 0 Å². The highest BCUT2D eigenvalue weighted by Gasteiger charge is 2.13.